The summed E-state index contributed by atoms with van der Waals surface area (Å²) in [5, 5.41) is 2.47. The molecule has 1 amide bonds. The summed E-state index contributed by atoms with van der Waals surface area (Å²) in [7, 11) is 0. The first-order valence-corrected chi connectivity index (χ1v) is 5.69. The highest BCUT2D eigenvalue weighted by atomic mass is 19.4. The van der Waals surface area contributed by atoms with Gasteiger partial charge in [0.05, 0.1) is 5.56 Å². The van der Waals surface area contributed by atoms with Crippen molar-refractivity contribution in [3.8, 4) is 5.75 Å². The molecule has 0 radical (unpaired) electrons. The molecule has 2 aromatic rings. The van der Waals surface area contributed by atoms with Crippen LogP contribution in [0.5, 0.6) is 5.75 Å². The van der Waals surface area contributed by atoms with Gasteiger partial charge in [0.1, 0.15) is 5.75 Å². The number of benzene rings is 1. The summed E-state index contributed by atoms with van der Waals surface area (Å²) in [5.41, 5.74) is 0.158. The van der Waals surface area contributed by atoms with E-state index in [0.29, 0.717) is 5.69 Å². The van der Waals surface area contributed by atoms with Gasteiger partial charge in [0.2, 0.25) is 5.56 Å². The van der Waals surface area contributed by atoms with Gasteiger partial charge >= 0.3 is 6.36 Å². The van der Waals surface area contributed by atoms with Crippen molar-refractivity contribution in [3.63, 3.8) is 0 Å². The minimum Gasteiger partial charge on any atom is -0.406 e. The number of amides is 1. The Balaban J connectivity index is 2.04. The van der Waals surface area contributed by atoms with E-state index in [-0.39, 0.29) is 16.9 Å². The second-order valence-corrected chi connectivity index (χ2v) is 3.97. The largest absolute Gasteiger partial charge is 0.573 e. The number of halogens is 3. The Morgan fingerprint density at radius 2 is 1.76 bits per heavy atom. The molecule has 0 fully saturated rings. The molecule has 0 bridgehead atoms. The molecule has 0 unspecified atom stereocenters. The van der Waals surface area contributed by atoms with Crippen LogP contribution < -0.4 is 15.6 Å². The zero-order valence-electron chi connectivity index (χ0n) is 10.4. The average molecular weight is 298 g/mol. The van der Waals surface area contributed by atoms with Crippen LogP contribution in [0.4, 0.5) is 18.9 Å². The van der Waals surface area contributed by atoms with Gasteiger partial charge in [-0.3, -0.25) is 9.59 Å². The van der Waals surface area contributed by atoms with Crippen molar-refractivity contribution >= 4 is 11.6 Å². The van der Waals surface area contributed by atoms with Gasteiger partial charge < -0.3 is 15.0 Å². The fraction of sp³-hybridized carbons (Fsp3) is 0.0769. The highest BCUT2D eigenvalue weighted by Gasteiger charge is 2.30. The summed E-state index contributed by atoms with van der Waals surface area (Å²) in [6.45, 7) is 0. The van der Waals surface area contributed by atoms with Gasteiger partial charge in [-0.1, -0.05) is 0 Å². The summed E-state index contributed by atoms with van der Waals surface area (Å²) in [6.07, 6.45) is -3.53. The van der Waals surface area contributed by atoms with E-state index in [0.717, 1.165) is 12.1 Å². The first-order valence-electron chi connectivity index (χ1n) is 5.69. The molecule has 0 saturated carbocycles. The van der Waals surface area contributed by atoms with Crippen LogP contribution in [0.3, 0.4) is 0 Å². The molecule has 1 aromatic carbocycles. The number of aromatic nitrogens is 1. The molecule has 1 aromatic heterocycles. The van der Waals surface area contributed by atoms with Crippen molar-refractivity contribution in [2.24, 2.45) is 0 Å². The molecular formula is C13H9F3N2O3. The van der Waals surface area contributed by atoms with Crippen LogP contribution in [0.1, 0.15) is 10.4 Å². The Morgan fingerprint density at radius 3 is 2.29 bits per heavy atom. The van der Waals surface area contributed by atoms with E-state index in [9.17, 15) is 22.8 Å². The molecule has 8 heteroatoms. The summed E-state index contributed by atoms with van der Waals surface area (Å²) >= 11 is 0. The van der Waals surface area contributed by atoms with Gasteiger partial charge in [0, 0.05) is 18.0 Å². The van der Waals surface area contributed by atoms with E-state index >= 15 is 0 Å². The molecular weight excluding hydrogens is 289 g/mol. The number of carbonyl (C=O) groups is 1. The van der Waals surface area contributed by atoms with Gasteiger partial charge in [-0.15, -0.1) is 13.2 Å². The third-order valence-corrected chi connectivity index (χ3v) is 2.39. The molecule has 21 heavy (non-hydrogen) atoms. The van der Waals surface area contributed by atoms with E-state index in [1.807, 2.05) is 0 Å². The maximum atomic E-state index is 12.0. The zero-order valence-corrected chi connectivity index (χ0v) is 10.4. The lowest BCUT2D eigenvalue weighted by Crippen LogP contribution is -2.17. The van der Waals surface area contributed by atoms with Crippen molar-refractivity contribution in [3.05, 3.63) is 58.5 Å². The third-order valence-electron chi connectivity index (χ3n) is 2.39. The molecule has 110 valence electrons. The van der Waals surface area contributed by atoms with Crippen molar-refractivity contribution in [1.82, 2.24) is 4.98 Å². The number of hydrogen-bond acceptors (Lipinski definition) is 3. The number of rotatable bonds is 3. The first-order chi connectivity index (χ1) is 9.83. The van der Waals surface area contributed by atoms with Gasteiger partial charge in [-0.2, -0.15) is 0 Å². The maximum Gasteiger partial charge on any atom is 0.573 e. The number of ether oxygens (including phenoxy) is 1. The number of H-pyrrole nitrogens is 1. The quantitative estimate of drug-likeness (QED) is 0.914. The van der Waals surface area contributed by atoms with Crippen molar-refractivity contribution in [2.45, 2.75) is 6.36 Å². The average Bonchev–Trinajstić information content (AvgIpc) is 2.40. The van der Waals surface area contributed by atoms with E-state index < -0.39 is 12.3 Å². The highest BCUT2D eigenvalue weighted by Crippen LogP contribution is 2.24. The van der Waals surface area contributed by atoms with Crippen LogP contribution in [0.2, 0.25) is 0 Å². The lowest BCUT2D eigenvalue weighted by atomic mass is 10.2. The molecule has 2 rings (SSSR count). The predicted octanol–water partition coefficient (Wildman–Crippen LogP) is 2.53. The van der Waals surface area contributed by atoms with Gasteiger partial charge in [0.25, 0.3) is 5.91 Å². The molecule has 0 saturated heterocycles. The van der Waals surface area contributed by atoms with E-state index in [1.54, 1.807) is 0 Å². The highest BCUT2D eigenvalue weighted by molar-refractivity contribution is 6.04. The van der Waals surface area contributed by atoms with Crippen LogP contribution in [-0.2, 0) is 0 Å². The van der Waals surface area contributed by atoms with Gasteiger partial charge in [0.15, 0.2) is 0 Å². The Kier molecular flexibility index (Phi) is 3.97. The summed E-state index contributed by atoms with van der Waals surface area (Å²) in [4.78, 5) is 25.0. The van der Waals surface area contributed by atoms with Crippen LogP contribution >= 0.6 is 0 Å². The van der Waals surface area contributed by atoms with Crippen molar-refractivity contribution < 1.29 is 22.7 Å². The summed E-state index contributed by atoms with van der Waals surface area (Å²) in [6, 6.07) is 7.21. The van der Waals surface area contributed by atoms with Crippen molar-refractivity contribution in [1.29, 1.82) is 0 Å². The molecule has 0 aliphatic carbocycles. The topological polar surface area (TPSA) is 71.2 Å². The smallest absolute Gasteiger partial charge is 0.406 e. The second kappa shape index (κ2) is 5.70. The predicted molar refractivity (Wildman–Crippen MR) is 68.1 cm³/mol. The molecule has 0 aliphatic heterocycles. The molecule has 1 heterocycles. The van der Waals surface area contributed by atoms with Gasteiger partial charge in [-0.25, -0.2) is 0 Å². The minimum atomic E-state index is -4.76. The molecule has 0 aliphatic rings. The standard InChI is InChI=1S/C13H9F3N2O3/c14-13(15,16)21-10-4-2-9(3-5-10)18-12(20)8-1-6-11(19)17-7-8/h1-7H,(H,17,19)(H,18,20). The number of pyridine rings is 1. The van der Waals surface area contributed by atoms with E-state index in [1.165, 1.54) is 30.5 Å². The Hall–Kier alpha value is -2.77. The van der Waals surface area contributed by atoms with E-state index in [4.69, 9.17) is 0 Å². The first kappa shape index (κ1) is 14.6. The lowest BCUT2D eigenvalue weighted by molar-refractivity contribution is -0.274. The number of carbonyl (C=O) groups excluding carboxylic acids is 1. The fourth-order valence-corrected chi connectivity index (χ4v) is 1.50. The number of aromatic amines is 1. The van der Waals surface area contributed by atoms with Crippen LogP contribution in [0.25, 0.3) is 0 Å². The third kappa shape index (κ3) is 4.37. The minimum absolute atomic E-state index is 0.213. The summed E-state index contributed by atoms with van der Waals surface area (Å²) < 4.78 is 39.7. The van der Waals surface area contributed by atoms with Crippen LogP contribution in [0.15, 0.2) is 47.4 Å². The Bertz CT molecular complexity index is 673. The second-order valence-electron chi connectivity index (χ2n) is 3.97. The molecule has 2 N–H and O–H groups in total. The van der Waals surface area contributed by atoms with Crippen LogP contribution in [0, 0.1) is 0 Å². The Labute approximate surface area is 116 Å². The zero-order chi connectivity index (χ0) is 15.5. The molecule has 5 nitrogen and oxygen atoms in total. The number of anilines is 1. The number of alkyl halides is 3. The maximum absolute atomic E-state index is 12.0. The Morgan fingerprint density at radius 1 is 1.10 bits per heavy atom. The fourth-order valence-electron chi connectivity index (χ4n) is 1.50. The summed E-state index contributed by atoms with van der Waals surface area (Å²) in [5.74, 6) is -0.889. The lowest BCUT2D eigenvalue weighted by Gasteiger charge is -2.09. The van der Waals surface area contributed by atoms with Crippen LogP contribution in [-0.4, -0.2) is 17.3 Å². The molecule has 0 atom stereocenters. The number of nitrogens with one attached hydrogen (secondary N) is 2. The van der Waals surface area contributed by atoms with Gasteiger partial charge in [-0.05, 0) is 30.3 Å². The number of hydrogen-bond donors (Lipinski definition) is 2. The SMILES string of the molecule is O=C(Nc1ccc(OC(F)(F)F)cc1)c1ccc(=O)[nH]c1. The monoisotopic (exact) mass is 298 g/mol. The van der Waals surface area contributed by atoms with E-state index in [2.05, 4.69) is 15.0 Å². The van der Waals surface area contributed by atoms with Crippen molar-refractivity contribution in [2.75, 3.05) is 5.32 Å². The molecule has 0 spiro atoms. The normalized spacial score (nSPS) is 11.0.